The largest absolute Gasteiger partial charge is 0.487 e. The molecule has 0 aliphatic rings. The number of fused-ring (bicyclic) bond motifs is 1. The van der Waals surface area contributed by atoms with Gasteiger partial charge in [-0.3, -0.25) is 0 Å². The van der Waals surface area contributed by atoms with Gasteiger partial charge in [0, 0.05) is 19.7 Å². The number of aryl methyl sites for hydroxylation is 1. The Balaban J connectivity index is 2.75. The van der Waals surface area contributed by atoms with Crippen molar-refractivity contribution in [3.8, 4) is 5.06 Å². The second-order valence-corrected chi connectivity index (χ2v) is 5.14. The molecule has 1 aromatic heterocycles. The monoisotopic (exact) mass is 304 g/mol. The molecular weight excluding hydrogens is 295 g/mol. The first-order valence-electron chi connectivity index (χ1n) is 3.94. The Morgan fingerprint density at radius 1 is 1.31 bits per heavy atom. The van der Waals surface area contributed by atoms with Gasteiger partial charge in [-0.1, -0.05) is 11.3 Å². The normalized spacial score (nSPS) is 10.7. The third kappa shape index (κ3) is 1.67. The number of thiophene rings is 1. The average Bonchev–Trinajstić information content (AvgIpc) is 2.47. The highest BCUT2D eigenvalue weighted by atomic mass is 127. The predicted octanol–water partition coefficient (Wildman–Crippen LogP) is 3.82. The summed E-state index contributed by atoms with van der Waals surface area (Å²) in [6.07, 6.45) is 0. The second-order valence-electron chi connectivity index (χ2n) is 2.93. The number of hydrogen-bond donors (Lipinski definition) is 0. The van der Waals surface area contributed by atoms with Gasteiger partial charge in [-0.05, 0) is 47.2 Å². The molecule has 68 valence electrons. The van der Waals surface area contributed by atoms with Crippen molar-refractivity contribution in [2.75, 3.05) is 7.11 Å². The van der Waals surface area contributed by atoms with Crippen LogP contribution in [0.25, 0.3) is 10.1 Å². The van der Waals surface area contributed by atoms with Gasteiger partial charge in [-0.25, -0.2) is 0 Å². The summed E-state index contributed by atoms with van der Waals surface area (Å²) in [5, 5.41) is 2.28. The Kier molecular flexibility index (Phi) is 2.47. The van der Waals surface area contributed by atoms with Gasteiger partial charge in [-0.2, -0.15) is 0 Å². The van der Waals surface area contributed by atoms with Gasteiger partial charge in [0.15, 0.2) is 5.06 Å². The molecule has 1 nitrogen and oxygen atoms in total. The van der Waals surface area contributed by atoms with Crippen LogP contribution in [0.5, 0.6) is 5.06 Å². The molecule has 2 rings (SSSR count). The molecule has 3 heteroatoms. The first-order valence-corrected chi connectivity index (χ1v) is 5.84. The van der Waals surface area contributed by atoms with E-state index in [-0.39, 0.29) is 0 Å². The zero-order chi connectivity index (χ0) is 9.42. The van der Waals surface area contributed by atoms with Crippen molar-refractivity contribution in [1.82, 2.24) is 0 Å². The van der Waals surface area contributed by atoms with Crippen molar-refractivity contribution >= 4 is 44.0 Å². The zero-order valence-electron chi connectivity index (χ0n) is 7.43. The van der Waals surface area contributed by atoms with Crippen LogP contribution in [0.1, 0.15) is 5.56 Å². The Labute approximate surface area is 94.9 Å². The van der Waals surface area contributed by atoms with Crippen molar-refractivity contribution in [1.29, 1.82) is 0 Å². The van der Waals surface area contributed by atoms with Gasteiger partial charge in [0.05, 0.1) is 7.11 Å². The van der Waals surface area contributed by atoms with Crippen LogP contribution in [0.2, 0.25) is 0 Å². The minimum atomic E-state index is 0.985. The van der Waals surface area contributed by atoms with E-state index in [9.17, 15) is 0 Å². The second kappa shape index (κ2) is 3.46. The Morgan fingerprint density at radius 2 is 2.08 bits per heavy atom. The molecule has 0 aliphatic carbocycles. The van der Waals surface area contributed by atoms with Crippen LogP contribution in [0, 0.1) is 10.5 Å². The third-order valence-electron chi connectivity index (χ3n) is 1.91. The molecule has 0 radical (unpaired) electrons. The lowest BCUT2D eigenvalue weighted by Crippen LogP contribution is -1.75. The molecule has 0 saturated carbocycles. The number of ether oxygens (including phenoxy) is 1. The number of halogens is 1. The van der Waals surface area contributed by atoms with Crippen LogP contribution >= 0.6 is 33.9 Å². The molecule has 0 bridgehead atoms. The van der Waals surface area contributed by atoms with E-state index in [4.69, 9.17) is 4.74 Å². The van der Waals surface area contributed by atoms with Crippen LogP contribution in [0.4, 0.5) is 0 Å². The van der Waals surface area contributed by atoms with E-state index >= 15 is 0 Å². The summed E-state index contributed by atoms with van der Waals surface area (Å²) >= 11 is 4.06. The van der Waals surface area contributed by atoms with Crippen LogP contribution < -0.4 is 4.74 Å². The Bertz CT molecular complexity index is 447. The summed E-state index contributed by atoms with van der Waals surface area (Å²) in [6, 6.07) is 6.49. The van der Waals surface area contributed by atoms with Crippen molar-refractivity contribution in [2.24, 2.45) is 0 Å². The lowest BCUT2D eigenvalue weighted by Gasteiger charge is -1.95. The SMILES string of the molecule is COc1cc2c(I)cc(C)cc2s1. The Morgan fingerprint density at radius 3 is 2.77 bits per heavy atom. The highest BCUT2D eigenvalue weighted by Gasteiger charge is 2.05. The molecule has 0 atom stereocenters. The fourth-order valence-corrected chi connectivity index (χ4v) is 3.42. The zero-order valence-corrected chi connectivity index (χ0v) is 10.4. The minimum absolute atomic E-state index is 0.985. The van der Waals surface area contributed by atoms with E-state index in [1.165, 1.54) is 19.2 Å². The molecule has 0 unspecified atom stereocenters. The maximum atomic E-state index is 5.21. The molecule has 0 N–H and O–H groups in total. The van der Waals surface area contributed by atoms with E-state index in [0.29, 0.717) is 0 Å². The molecule has 0 amide bonds. The lowest BCUT2D eigenvalue weighted by molar-refractivity contribution is 0.427. The van der Waals surface area contributed by atoms with Gasteiger partial charge < -0.3 is 4.74 Å². The molecule has 0 saturated heterocycles. The molecule has 2 aromatic rings. The predicted molar refractivity (Wildman–Crippen MR) is 65.8 cm³/mol. The van der Waals surface area contributed by atoms with Crippen molar-refractivity contribution in [2.45, 2.75) is 6.92 Å². The molecule has 13 heavy (non-hydrogen) atoms. The summed E-state index contributed by atoms with van der Waals surface area (Å²) in [5.41, 5.74) is 1.31. The fraction of sp³-hybridized carbons (Fsp3) is 0.200. The van der Waals surface area contributed by atoms with Crippen molar-refractivity contribution < 1.29 is 4.74 Å². The van der Waals surface area contributed by atoms with E-state index in [0.717, 1.165) is 5.06 Å². The summed E-state index contributed by atoms with van der Waals surface area (Å²) in [6.45, 7) is 2.12. The first-order chi connectivity index (χ1) is 6.20. The van der Waals surface area contributed by atoms with Crippen LogP contribution in [-0.2, 0) is 0 Å². The van der Waals surface area contributed by atoms with Gasteiger partial charge in [0.25, 0.3) is 0 Å². The Hall–Kier alpha value is -0.290. The standard InChI is InChI=1S/C10H9IOS/c1-6-3-8(11)7-5-10(12-2)13-9(7)4-6/h3-5H,1-2H3. The summed E-state index contributed by atoms with van der Waals surface area (Å²) < 4.78 is 7.81. The fourth-order valence-electron chi connectivity index (χ4n) is 1.30. The quantitative estimate of drug-likeness (QED) is 0.728. The average molecular weight is 304 g/mol. The maximum absolute atomic E-state index is 5.21. The molecule has 1 heterocycles. The molecule has 1 aromatic carbocycles. The van der Waals surface area contributed by atoms with Gasteiger partial charge in [0.2, 0.25) is 0 Å². The van der Waals surface area contributed by atoms with Gasteiger partial charge in [-0.15, -0.1) is 0 Å². The molecule has 0 fully saturated rings. The molecular formula is C10H9IOS. The highest BCUT2D eigenvalue weighted by molar-refractivity contribution is 14.1. The third-order valence-corrected chi connectivity index (χ3v) is 3.85. The number of methoxy groups -OCH3 is 1. The molecule has 0 spiro atoms. The van der Waals surface area contributed by atoms with E-state index in [2.05, 4.69) is 47.7 Å². The molecule has 0 aliphatic heterocycles. The van der Waals surface area contributed by atoms with E-state index in [1.54, 1.807) is 18.4 Å². The van der Waals surface area contributed by atoms with E-state index in [1.807, 2.05) is 0 Å². The van der Waals surface area contributed by atoms with Crippen molar-refractivity contribution in [3.05, 3.63) is 27.3 Å². The number of rotatable bonds is 1. The van der Waals surface area contributed by atoms with Crippen LogP contribution in [0.3, 0.4) is 0 Å². The minimum Gasteiger partial charge on any atom is -0.487 e. The topological polar surface area (TPSA) is 9.23 Å². The number of benzene rings is 1. The summed E-state index contributed by atoms with van der Waals surface area (Å²) in [7, 11) is 1.71. The summed E-state index contributed by atoms with van der Waals surface area (Å²) in [5.74, 6) is 0. The van der Waals surface area contributed by atoms with Crippen LogP contribution in [-0.4, -0.2) is 7.11 Å². The highest BCUT2D eigenvalue weighted by Crippen LogP contribution is 2.34. The van der Waals surface area contributed by atoms with E-state index < -0.39 is 0 Å². The maximum Gasteiger partial charge on any atom is 0.174 e. The summed E-state index contributed by atoms with van der Waals surface area (Å²) in [4.78, 5) is 0. The van der Waals surface area contributed by atoms with Gasteiger partial charge in [0.1, 0.15) is 0 Å². The smallest absolute Gasteiger partial charge is 0.174 e. The first kappa shape index (κ1) is 9.27. The number of hydrogen-bond acceptors (Lipinski definition) is 2. The lowest BCUT2D eigenvalue weighted by atomic mass is 10.2. The van der Waals surface area contributed by atoms with Crippen LogP contribution in [0.15, 0.2) is 18.2 Å². The van der Waals surface area contributed by atoms with Gasteiger partial charge >= 0.3 is 0 Å². The van der Waals surface area contributed by atoms with Crippen molar-refractivity contribution in [3.63, 3.8) is 0 Å².